The zero-order chi connectivity index (χ0) is 18.8. The Morgan fingerprint density at radius 1 is 0.923 bits per heavy atom. The summed E-state index contributed by atoms with van der Waals surface area (Å²) in [6.45, 7) is 7.05. The maximum absolute atomic E-state index is 5.96. The zero-order valence-corrected chi connectivity index (χ0v) is 15.9. The van der Waals surface area contributed by atoms with Gasteiger partial charge in [-0.05, 0) is 61.3 Å². The number of aryl methyl sites for hydroxylation is 1. The quantitative estimate of drug-likeness (QED) is 0.440. The van der Waals surface area contributed by atoms with Gasteiger partial charge in [-0.25, -0.2) is 0 Å². The van der Waals surface area contributed by atoms with Crippen LogP contribution in [0.1, 0.15) is 11.1 Å². The van der Waals surface area contributed by atoms with Gasteiger partial charge >= 0.3 is 0 Å². The van der Waals surface area contributed by atoms with E-state index in [0.29, 0.717) is 6.61 Å². The largest absolute Gasteiger partial charge is 0.492 e. The minimum Gasteiger partial charge on any atom is -0.492 e. The number of benzene rings is 3. The molecule has 4 heteroatoms. The predicted molar refractivity (Wildman–Crippen MR) is 112 cm³/mol. The monoisotopic (exact) mass is 368 g/mol. The number of hydrogen-bond donors (Lipinski definition) is 2. The van der Waals surface area contributed by atoms with Crippen LogP contribution in [-0.4, -0.2) is 26.4 Å². The van der Waals surface area contributed by atoms with Gasteiger partial charge in [0.15, 0.2) is 0 Å². The van der Waals surface area contributed by atoms with Crippen LogP contribution in [-0.2, 0) is 6.42 Å². The fourth-order valence-corrected chi connectivity index (χ4v) is 2.92. The number of fused-ring (bicyclic) bond motifs is 1. The second-order valence-corrected chi connectivity index (χ2v) is 6.34. The van der Waals surface area contributed by atoms with E-state index in [4.69, 9.17) is 21.7 Å². The highest BCUT2D eigenvalue weighted by molar-refractivity contribution is 6.30. The minimum absolute atomic E-state index is 0.660. The summed E-state index contributed by atoms with van der Waals surface area (Å²) in [4.78, 5) is 0. The number of hydrogen-bond acceptors (Lipinski definition) is 3. The SMILES string of the molecule is C=N.Cc1ccc(OCCNCCc2ccc(Cl)cc2)c2ccccc12. The molecular weight excluding hydrogens is 344 g/mol. The average molecular weight is 369 g/mol. The van der Waals surface area contributed by atoms with Crippen LogP contribution in [0.25, 0.3) is 10.8 Å². The summed E-state index contributed by atoms with van der Waals surface area (Å²) in [5, 5.41) is 12.1. The molecule has 26 heavy (non-hydrogen) atoms. The molecule has 0 unspecified atom stereocenters. The Kier molecular flexibility index (Phi) is 8.13. The zero-order valence-electron chi connectivity index (χ0n) is 15.1. The van der Waals surface area contributed by atoms with Crippen molar-refractivity contribution in [3.05, 3.63) is 76.8 Å². The average Bonchev–Trinajstić information content (AvgIpc) is 2.69. The molecule has 0 fully saturated rings. The topological polar surface area (TPSA) is 45.1 Å². The molecule has 0 heterocycles. The summed E-state index contributed by atoms with van der Waals surface area (Å²) < 4.78 is 5.96. The van der Waals surface area contributed by atoms with E-state index in [1.807, 2.05) is 12.1 Å². The van der Waals surface area contributed by atoms with E-state index >= 15 is 0 Å². The van der Waals surface area contributed by atoms with Crippen molar-refractivity contribution in [2.24, 2.45) is 0 Å². The van der Waals surface area contributed by atoms with Crippen LogP contribution in [0.2, 0.25) is 5.02 Å². The molecule has 0 amide bonds. The van der Waals surface area contributed by atoms with Gasteiger partial charge in [0.2, 0.25) is 0 Å². The third-order valence-electron chi connectivity index (χ3n) is 4.14. The molecule has 0 aliphatic rings. The first-order valence-electron chi connectivity index (χ1n) is 8.66. The molecule has 136 valence electrons. The lowest BCUT2D eigenvalue weighted by Gasteiger charge is -2.11. The number of nitrogens with one attached hydrogen (secondary N) is 2. The molecule has 0 atom stereocenters. The van der Waals surface area contributed by atoms with Gasteiger partial charge in [0, 0.05) is 17.0 Å². The summed E-state index contributed by atoms with van der Waals surface area (Å²) in [5.74, 6) is 0.954. The lowest BCUT2D eigenvalue weighted by Crippen LogP contribution is -2.23. The van der Waals surface area contributed by atoms with E-state index in [9.17, 15) is 0 Å². The summed E-state index contributed by atoms with van der Waals surface area (Å²) in [6, 6.07) is 20.6. The van der Waals surface area contributed by atoms with E-state index in [0.717, 1.165) is 30.3 Å². The molecular formula is C22H25ClN2O. The first-order chi connectivity index (χ1) is 12.7. The Balaban J connectivity index is 0.00000117. The van der Waals surface area contributed by atoms with Crippen LogP contribution >= 0.6 is 11.6 Å². The fourth-order valence-electron chi connectivity index (χ4n) is 2.79. The molecule has 2 N–H and O–H groups in total. The van der Waals surface area contributed by atoms with E-state index in [-0.39, 0.29) is 0 Å². The van der Waals surface area contributed by atoms with Crippen LogP contribution in [0, 0.1) is 12.3 Å². The fraction of sp³-hybridized carbons (Fsp3) is 0.227. The molecule has 3 aromatic rings. The van der Waals surface area contributed by atoms with Gasteiger partial charge in [-0.2, -0.15) is 0 Å². The Hall–Kier alpha value is -2.36. The first kappa shape index (κ1) is 20.0. The molecule has 0 aliphatic heterocycles. The standard InChI is InChI=1S/C21H22ClNO.CH3N/c1-16-6-11-21(20-5-3-2-4-19(16)20)24-15-14-23-13-12-17-7-9-18(22)10-8-17;1-2/h2-11,23H,12-15H2,1H3;2H,1H2. The van der Waals surface area contributed by atoms with Crippen LogP contribution in [0.4, 0.5) is 0 Å². The van der Waals surface area contributed by atoms with Gasteiger partial charge in [0.1, 0.15) is 12.4 Å². The molecule has 3 nitrogen and oxygen atoms in total. The van der Waals surface area contributed by atoms with Crippen molar-refractivity contribution in [3.8, 4) is 5.75 Å². The van der Waals surface area contributed by atoms with Gasteiger partial charge in [0.25, 0.3) is 0 Å². The van der Waals surface area contributed by atoms with E-state index in [1.54, 1.807) is 0 Å². The van der Waals surface area contributed by atoms with Gasteiger partial charge in [-0.1, -0.05) is 54.1 Å². The Morgan fingerprint density at radius 2 is 1.62 bits per heavy atom. The van der Waals surface area contributed by atoms with Crippen molar-refractivity contribution in [3.63, 3.8) is 0 Å². The summed E-state index contributed by atoms with van der Waals surface area (Å²) in [5.41, 5.74) is 2.57. The molecule has 0 spiro atoms. The lowest BCUT2D eigenvalue weighted by molar-refractivity contribution is 0.318. The number of ether oxygens (including phenoxy) is 1. The maximum atomic E-state index is 5.96. The Labute approximate surface area is 160 Å². The maximum Gasteiger partial charge on any atom is 0.127 e. The van der Waals surface area contributed by atoms with E-state index in [2.05, 4.69) is 67.5 Å². The predicted octanol–water partition coefficient (Wildman–Crippen LogP) is 5.28. The highest BCUT2D eigenvalue weighted by Gasteiger charge is 2.03. The summed E-state index contributed by atoms with van der Waals surface area (Å²) in [6.07, 6.45) is 0.991. The Morgan fingerprint density at radius 3 is 2.35 bits per heavy atom. The van der Waals surface area contributed by atoms with E-state index in [1.165, 1.54) is 21.9 Å². The third-order valence-corrected chi connectivity index (χ3v) is 4.39. The van der Waals surface area contributed by atoms with Crippen molar-refractivity contribution in [1.29, 1.82) is 5.41 Å². The van der Waals surface area contributed by atoms with Crippen LogP contribution < -0.4 is 10.1 Å². The second-order valence-electron chi connectivity index (χ2n) is 5.90. The molecule has 3 aromatic carbocycles. The summed E-state index contributed by atoms with van der Waals surface area (Å²) >= 11 is 5.89. The van der Waals surface area contributed by atoms with Crippen LogP contribution in [0.5, 0.6) is 5.75 Å². The Bertz CT molecular complexity index is 818. The van der Waals surface area contributed by atoms with Crippen molar-refractivity contribution < 1.29 is 4.74 Å². The van der Waals surface area contributed by atoms with Crippen LogP contribution in [0.15, 0.2) is 60.7 Å². The van der Waals surface area contributed by atoms with Crippen molar-refractivity contribution in [1.82, 2.24) is 5.32 Å². The van der Waals surface area contributed by atoms with Gasteiger partial charge in [0.05, 0.1) is 0 Å². The molecule has 0 aliphatic carbocycles. The third kappa shape index (κ3) is 5.58. The molecule has 0 bridgehead atoms. The van der Waals surface area contributed by atoms with Gasteiger partial charge < -0.3 is 15.5 Å². The smallest absolute Gasteiger partial charge is 0.127 e. The van der Waals surface area contributed by atoms with Crippen LogP contribution in [0.3, 0.4) is 0 Å². The first-order valence-corrected chi connectivity index (χ1v) is 9.03. The van der Waals surface area contributed by atoms with Gasteiger partial charge in [-0.15, -0.1) is 0 Å². The minimum atomic E-state index is 0.660. The molecule has 0 saturated carbocycles. The molecule has 0 saturated heterocycles. The lowest BCUT2D eigenvalue weighted by atomic mass is 10.1. The van der Waals surface area contributed by atoms with Crippen molar-refractivity contribution in [2.45, 2.75) is 13.3 Å². The normalized spacial score (nSPS) is 10.2. The molecule has 0 radical (unpaired) electrons. The van der Waals surface area contributed by atoms with Gasteiger partial charge in [-0.3, -0.25) is 0 Å². The number of rotatable bonds is 7. The van der Waals surface area contributed by atoms with Crippen molar-refractivity contribution in [2.75, 3.05) is 19.7 Å². The number of halogens is 1. The highest BCUT2D eigenvalue weighted by atomic mass is 35.5. The summed E-state index contributed by atoms with van der Waals surface area (Å²) in [7, 11) is 0. The van der Waals surface area contributed by atoms with E-state index < -0.39 is 0 Å². The second kappa shape index (κ2) is 10.6. The van der Waals surface area contributed by atoms with Crippen molar-refractivity contribution >= 4 is 29.1 Å². The molecule has 0 aromatic heterocycles. The molecule has 3 rings (SSSR count). The highest BCUT2D eigenvalue weighted by Crippen LogP contribution is 2.27.